The van der Waals surface area contributed by atoms with Crippen LogP contribution in [0.3, 0.4) is 0 Å². The van der Waals surface area contributed by atoms with Gasteiger partial charge in [-0.3, -0.25) is 9.59 Å². The first-order valence-electron chi connectivity index (χ1n) is 9.95. The number of esters is 1. The number of anilines is 1. The van der Waals surface area contributed by atoms with Crippen LogP contribution in [0, 0.1) is 0 Å². The van der Waals surface area contributed by atoms with Crippen LogP contribution in [-0.2, 0) is 16.6 Å². The van der Waals surface area contributed by atoms with E-state index in [2.05, 4.69) is 25.6 Å². The van der Waals surface area contributed by atoms with Gasteiger partial charge in [-0.1, -0.05) is 35.0 Å². The Morgan fingerprint density at radius 2 is 1.82 bits per heavy atom. The molecule has 0 aliphatic heterocycles. The van der Waals surface area contributed by atoms with Crippen molar-refractivity contribution in [3.05, 3.63) is 69.5 Å². The monoisotopic (exact) mass is 521 g/mol. The van der Waals surface area contributed by atoms with E-state index in [4.69, 9.17) is 23.2 Å². The highest BCUT2D eigenvalue weighted by atomic mass is 35.5. The molecule has 2 aromatic carbocycles. The van der Waals surface area contributed by atoms with Crippen molar-refractivity contribution in [3.8, 4) is 0 Å². The second-order valence-corrected chi connectivity index (χ2v) is 8.91. The van der Waals surface area contributed by atoms with Crippen molar-refractivity contribution in [2.24, 2.45) is 7.05 Å². The number of halogens is 2. The lowest BCUT2D eigenvalue weighted by molar-refractivity contribution is -0.113. The standard InChI is InChI=1S/C22H21Cl2N5O4S/c1-12(25-20(31)16-9-6-14(23)10-17(16)24)19-27-28-22(29(19)2)34-11-18(30)26-15-7-4-13(5-8-15)21(32)33-3/h4-10,12H,11H2,1-3H3,(H,25,31)(H,26,30)/t12-/m0/s1. The molecule has 1 aromatic heterocycles. The maximum Gasteiger partial charge on any atom is 0.337 e. The molecule has 1 heterocycles. The molecule has 2 amide bonds. The molecule has 3 aromatic rings. The number of thioether (sulfide) groups is 1. The number of hydrogen-bond acceptors (Lipinski definition) is 7. The molecule has 1 atom stereocenters. The molecule has 12 heteroatoms. The molecule has 0 aliphatic rings. The Kier molecular flexibility index (Phi) is 8.54. The fourth-order valence-corrected chi connectivity index (χ4v) is 4.19. The second-order valence-electron chi connectivity index (χ2n) is 7.12. The smallest absolute Gasteiger partial charge is 0.337 e. The second kappa shape index (κ2) is 11.4. The van der Waals surface area contributed by atoms with Gasteiger partial charge in [0.1, 0.15) is 0 Å². The predicted molar refractivity (Wildman–Crippen MR) is 130 cm³/mol. The van der Waals surface area contributed by atoms with Crippen molar-refractivity contribution in [2.75, 3.05) is 18.2 Å². The van der Waals surface area contributed by atoms with Gasteiger partial charge in [-0.15, -0.1) is 10.2 Å². The first kappa shape index (κ1) is 25.5. The van der Waals surface area contributed by atoms with Crippen molar-refractivity contribution in [2.45, 2.75) is 18.1 Å². The highest BCUT2D eigenvalue weighted by molar-refractivity contribution is 7.99. The predicted octanol–water partition coefficient (Wildman–Crippen LogP) is 4.13. The van der Waals surface area contributed by atoms with Crippen LogP contribution in [0.4, 0.5) is 5.69 Å². The molecule has 3 rings (SSSR count). The number of nitrogens with zero attached hydrogens (tertiary/aromatic N) is 3. The summed E-state index contributed by atoms with van der Waals surface area (Å²) in [7, 11) is 3.05. The Morgan fingerprint density at radius 3 is 2.47 bits per heavy atom. The van der Waals surface area contributed by atoms with Crippen LogP contribution in [0.5, 0.6) is 0 Å². The summed E-state index contributed by atoms with van der Waals surface area (Å²) in [5.74, 6) is -0.470. The van der Waals surface area contributed by atoms with E-state index in [1.807, 2.05) is 0 Å². The molecule has 0 fully saturated rings. The van der Waals surface area contributed by atoms with Gasteiger partial charge < -0.3 is 19.9 Å². The number of nitrogens with one attached hydrogen (secondary N) is 2. The summed E-state index contributed by atoms with van der Waals surface area (Å²) in [6.45, 7) is 1.77. The molecule has 0 bridgehead atoms. The van der Waals surface area contributed by atoms with Gasteiger partial charge in [0.2, 0.25) is 5.91 Å². The van der Waals surface area contributed by atoms with Crippen LogP contribution in [-0.4, -0.2) is 45.4 Å². The molecule has 178 valence electrons. The maximum absolute atomic E-state index is 12.6. The van der Waals surface area contributed by atoms with E-state index < -0.39 is 12.0 Å². The average molecular weight is 522 g/mol. The topological polar surface area (TPSA) is 115 Å². The summed E-state index contributed by atoms with van der Waals surface area (Å²) < 4.78 is 6.36. The summed E-state index contributed by atoms with van der Waals surface area (Å²) in [6, 6.07) is 10.5. The quantitative estimate of drug-likeness (QED) is 0.338. The zero-order valence-corrected chi connectivity index (χ0v) is 20.8. The van der Waals surface area contributed by atoms with E-state index in [9.17, 15) is 14.4 Å². The summed E-state index contributed by atoms with van der Waals surface area (Å²) in [4.78, 5) is 36.4. The molecule has 0 radical (unpaired) electrons. The molecular weight excluding hydrogens is 501 g/mol. The molecule has 9 nitrogen and oxygen atoms in total. The van der Waals surface area contributed by atoms with Gasteiger partial charge in [-0.05, 0) is 49.4 Å². The number of carbonyl (C=O) groups is 3. The summed E-state index contributed by atoms with van der Waals surface area (Å²) in [6.07, 6.45) is 0. The lowest BCUT2D eigenvalue weighted by Gasteiger charge is -2.14. The third-order valence-corrected chi connectivity index (χ3v) is 6.27. The number of hydrogen-bond donors (Lipinski definition) is 2. The van der Waals surface area contributed by atoms with Crippen molar-refractivity contribution in [1.82, 2.24) is 20.1 Å². The van der Waals surface area contributed by atoms with E-state index in [0.29, 0.717) is 32.8 Å². The van der Waals surface area contributed by atoms with Crippen molar-refractivity contribution >= 4 is 58.4 Å². The summed E-state index contributed by atoms with van der Waals surface area (Å²) in [5, 5.41) is 15.0. The Morgan fingerprint density at radius 1 is 1.12 bits per heavy atom. The summed E-state index contributed by atoms with van der Waals surface area (Å²) in [5.41, 5.74) is 1.24. The van der Waals surface area contributed by atoms with Crippen molar-refractivity contribution in [3.63, 3.8) is 0 Å². The first-order chi connectivity index (χ1) is 16.2. The highest BCUT2D eigenvalue weighted by Gasteiger charge is 2.20. The van der Waals surface area contributed by atoms with E-state index in [1.54, 1.807) is 54.9 Å². The fourth-order valence-electron chi connectivity index (χ4n) is 2.98. The maximum atomic E-state index is 12.6. The Balaban J connectivity index is 1.56. The molecule has 0 saturated heterocycles. The Bertz CT molecular complexity index is 1220. The van der Waals surface area contributed by atoms with Crippen molar-refractivity contribution in [1.29, 1.82) is 0 Å². The normalized spacial score (nSPS) is 11.6. The van der Waals surface area contributed by atoms with Gasteiger partial charge in [-0.25, -0.2) is 4.79 Å². The third kappa shape index (κ3) is 6.28. The molecular formula is C22H21Cl2N5O4S. The Labute approximate surface area is 210 Å². The molecule has 34 heavy (non-hydrogen) atoms. The minimum absolute atomic E-state index is 0.0891. The van der Waals surface area contributed by atoms with Gasteiger partial charge in [0.25, 0.3) is 5.91 Å². The van der Waals surface area contributed by atoms with Gasteiger partial charge in [-0.2, -0.15) is 0 Å². The van der Waals surface area contributed by atoms with Crippen LogP contribution in [0.15, 0.2) is 47.6 Å². The van der Waals surface area contributed by atoms with Crippen LogP contribution in [0.25, 0.3) is 0 Å². The van der Waals surface area contributed by atoms with Gasteiger partial charge >= 0.3 is 5.97 Å². The zero-order chi connectivity index (χ0) is 24.8. The minimum atomic E-state index is -0.465. The number of amides is 2. The molecule has 2 N–H and O–H groups in total. The van der Waals surface area contributed by atoms with Crippen LogP contribution in [0.2, 0.25) is 10.0 Å². The Hall–Kier alpha value is -3.08. The number of benzene rings is 2. The van der Waals surface area contributed by atoms with Crippen LogP contribution in [0.1, 0.15) is 39.5 Å². The highest BCUT2D eigenvalue weighted by Crippen LogP contribution is 2.23. The van der Waals surface area contributed by atoms with E-state index in [0.717, 1.165) is 0 Å². The minimum Gasteiger partial charge on any atom is -0.465 e. The molecule has 0 saturated carbocycles. The summed E-state index contributed by atoms with van der Waals surface area (Å²) >= 11 is 13.2. The average Bonchev–Trinajstić information content (AvgIpc) is 3.17. The molecule has 0 spiro atoms. The number of aromatic nitrogens is 3. The number of ether oxygens (including phenoxy) is 1. The van der Waals surface area contributed by atoms with Gasteiger partial charge in [0.15, 0.2) is 11.0 Å². The SMILES string of the molecule is COC(=O)c1ccc(NC(=O)CSc2nnc([C@H](C)NC(=O)c3ccc(Cl)cc3Cl)n2C)cc1. The number of methoxy groups -OCH3 is 1. The lowest BCUT2D eigenvalue weighted by atomic mass is 10.2. The third-order valence-electron chi connectivity index (χ3n) is 4.70. The van der Waals surface area contributed by atoms with E-state index in [1.165, 1.54) is 24.9 Å². The first-order valence-corrected chi connectivity index (χ1v) is 11.7. The van der Waals surface area contributed by atoms with E-state index >= 15 is 0 Å². The van der Waals surface area contributed by atoms with Crippen molar-refractivity contribution < 1.29 is 19.1 Å². The van der Waals surface area contributed by atoms with Crippen LogP contribution < -0.4 is 10.6 Å². The van der Waals surface area contributed by atoms with Gasteiger partial charge in [0.05, 0.1) is 35.1 Å². The fraction of sp³-hybridized carbons (Fsp3) is 0.227. The lowest BCUT2D eigenvalue weighted by Crippen LogP contribution is -2.28. The number of carbonyl (C=O) groups excluding carboxylic acids is 3. The largest absolute Gasteiger partial charge is 0.465 e. The molecule has 0 aliphatic carbocycles. The zero-order valence-electron chi connectivity index (χ0n) is 18.5. The molecule has 0 unspecified atom stereocenters. The van der Waals surface area contributed by atoms with Gasteiger partial charge in [0, 0.05) is 17.8 Å². The van der Waals surface area contributed by atoms with E-state index in [-0.39, 0.29) is 22.6 Å². The van der Waals surface area contributed by atoms with Crippen LogP contribution >= 0.6 is 35.0 Å². The number of rotatable bonds is 8.